The van der Waals surface area contributed by atoms with E-state index in [2.05, 4.69) is 5.32 Å². The Labute approximate surface area is 145 Å². The number of ether oxygens (including phenoxy) is 2. The maximum Gasteiger partial charge on any atom is 0.418 e. The lowest BCUT2D eigenvalue weighted by atomic mass is 10.0. The van der Waals surface area contributed by atoms with Gasteiger partial charge in [0.15, 0.2) is 5.78 Å². The van der Waals surface area contributed by atoms with Crippen LogP contribution in [-0.4, -0.2) is 42.6 Å². The fourth-order valence-corrected chi connectivity index (χ4v) is 2.68. The van der Waals surface area contributed by atoms with Crippen molar-refractivity contribution in [3.8, 4) is 5.75 Å². The molecule has 25 heavy (non-hydrogen) atoms. The largest absolute Gasteiger partial charge is 0.496 e. The minimum atomic E-state index is -0.516. The van der Waals surface area contributed by atoms with E-state index in [1.807, 2.05) is 0 Å². The van der Waals surface area contributed by atoms with E-state index in [9.17, 15) is 14.4 Å². The molecule has 0 radical (unpaired) electrons. The first-order valence-electron chi connectivity index (χ1n) is 8.03. The van der Waals surface area contributed by atoms with E-state index in [0.29, 0.717) is 29.8 Å². The van der Waals surface area contributed by atoms with Crippen LogP contribution in [-0.2, 0) is 16.0 Å². The third kappa shape index (κ3) is 3.99. The average Bonchev–Trinajstić information content (AvgIpc) is 2.91. The van der Waals surface area contributed by atoms with E-state index in [-0.39, 0.29) is 18.3 Å². The van der Waals surface area contributed by atoms with Crippen molar-refractivity contribution in [1.82, 2.24) is 9.88 Å². The molecule has 0 aliphatic rings. The topological polar surface area (TPSA) is 86.6 Å². The lowest BCUT2D eigenvalue weighted by Gasteiger charge is -2.09. The van der Waals surface area contributed by atoms with Crippen LogP contribution in [0, 0.1) is 0 Å². The Morgan fingerprint density at radius 2 is 1.92 bits per heavy atom. The van der Waals surface area contributed by atoms with Gasteiger partial charge < -0.3 is 14.8 Å². The van der Waals surface area contributed by atoms with Crippen molar-refractivity contribution in [2.75, 3.05) is 20.3 Å². The van der Waals surface area contributed by atoms with Gasteiger partial charge in [-0.05, 0) is 38.0 Å². The maximum absolute atomic E-state index is 12.2. The second kappa shape index (κ2) is 7.83. The van der Waals surface area contributed by atoms with Gasteiger partial charge in [-0.25, -0.2) is 4.79 Å². The summed E-state index contributed by atoms with van der Waals surface area (Å²) in [6.45, 7) is 5.30. The molecule has 7 nitrogen and oxygen atoms in total. The summed E-state index contributed by atoms with van der Waals surface area (Å²) < 4.78 is 11.8. The van der Waals surface area contributed by atoms with Crippen LogP contribution < -0.4 is 10.1 Å². The first-order chi connectivity index (χ1) is 11.9. The average molecular weight is 346 g/mol. The number of rotatable bonds is 6. The molecule has 0 saturated heterocycles. The Hall–Kier alpha value is -2.83. The molecule has 0 unspecified atom stereocenters. The number of carbonyl (C=O) groups is 3. The van der Waals surface area contributed by atoms with Crippen LogP contribution in [0.3, 0.4) is 0 Å². The molecule has 1 amide bonds. The molecule has 2 rings (SSSR count). The van der Waals surface area contributed by atoms with Crippen LogP contribution in [0.4, 0.5) is 4.79 Å². The predicted molar refractivity (Wildman–Crippen MR) is 93.3 cm³/mol. The lowest BCUT2D eigenvalue weighted by molar-refractivity contribution is -0.118. The van der Waals surface area contributed by atoms with Crippen molar-refractivity contribution in [3.05, 3.63) is 29.5 Å². The first-order valence-corrected chi connectivity index (χ1v) is 8.03. The Morgan fingerprint density at radius 1 is 1.20 bits per heavy atom. The van der Waals surface area contributed by atoms with Crippen molar-refractivity contribution in [1.29, 1.82) is 0 Å². The van der Waals surface area contributed by atoms with Crippen LogP contribution in [0.2, 0.25) is 0 Å². The highest BCUT2D eigenvalue weighted by Crippen LogP contribution is 2.30. The van der Waals surface area contributed by atoms with Crippen molar-refractivity contribution in [2.45, 2.75) is 27.2 Å². The predicted octanol–water partition coefficient (Wildman–Crippen LogP) is 2.54. The minimum absolute atomic E-state index is 0.120. The Morgan fingerprint density at radius 3 is 2.48 bits per heavy atom. The number of nitrogens with zero attached hydrogens (tertiary/aromatic N) is 1. The molecule has 0 saturated carbocycles. The molecule has 0 atom stereocenters. The molecular formula is C18H22N2O5. The van der Waals surface area contributed by atoms with E-state index < -0.39 is 6.09 Å². The highest BCUT2D eigenvalue weighted by molar-refractivity contribution is 6.03. The number of nitrogens with one attached hydrogen (secondary N) is 1. The smallest absolute Gasteiger partial charge is 0.418 e. The number of hydrogen-bond acceptors (Lipinski definition) is 5. The van der Waals surface area contributed by atoms with Gasteiger partial charge in [0.05, 0.1) is 24.8 Å². The van der Waals surface area contributed by atoms with E-state index in [4.69, 9.17) is 9.47 Å². The summed E-state index contributed by atoms with van der Waals surface area (Å²) in [7, 11) is 1.49. The molecule has 0 aliphatic heterocycles. The summed E-state index contributed by atoms with van der Waals surface area (Å²) in [6, 6.07) is 3.38. The molecule has 2 aromatic rings. The van der Waals surface area contributed by atoms with Crippen molar-refractivity contribution >= 4 is 28.7 Å². The summed E-state index contributed by atoms with van der Waals surface area (Å²) in [5.41, 5.74) is 1.82. The summed E-state index contributed by atoms with van der Waals surface area (Å²) in [5.74, 6) is 0.170. The zero-order valence-electron chi connectivity index (χ0n) is 14.8. The van der Waals surface area contributed by atoms with Crippen molar-refractivity contribution in [2.24, 2.45) is 0 Å². The SMILES string of the molecule is CCOC(=O)n1cc(CCNC(C)=O)c2cc(OC)c(C(C)=O)cc21. The van der Waals surface area contributed by atoms with E-state index >= 15 is 0 Å². The fraction of sp³-hybridized carbons (Fsp3) is 0.389. The van der Waals surface area contributed by atoms with Crippen molar-refractivity contribution < 1.29 is 23.9 Å². The number of carbonyl (C=O) groups excluding carboxylic acids is 3. The molecule has 0 fully saturated rings. The molecule has 1 heterocycles. The van der Waals surface area contributed by atoms with Gasteiger partial charge in [0, 0.05) is 25.1 Å². The minimum Gasteiger partial charge on any atom is -0.496 e. The van der Waals surface area contributed by atoms with Gasteiger partial charge in [0.1, 0.15) is 5.75 Å². The van der Waals surface area contributed by atoms with E-state index in [0.717, 1.165) is 10.9 Å². The second-order valence-corrected chi connectivity index (χ2v) is 5.58. The number of ketones is 1. The second-order valence-electron chi connectivity index (χ2n) is 5.58. The third-order valence-electron chi connectivity index (χ3n) is 3.82. The van der Waals surface area contributed by atoms with Crippen LogP contribution in [0.15, 0.2) is 18.3 Å². The molecule has 1 N–H and O–H groups in total. The zero-order valence-corrected chi connectivity index (χ0v) is 14.8. The van der Waals surface area contributed by atoms with Gasteiger partial charge in [-0.3, -0.25) is 14.2 Å². The van der Waals surface area contributed by atoms with Crippen LogP contribution in [0.1, 0.15) is 36.7 Å². The zero-order chi connectivity index (χ0) is 18.6. The fourth-order valence-electron chi connectivity index (χ4n) is 2.68. The normalized spacial score (nSPS) is 10.6. The molecule has 1 aromatic heterocycles. The Balaban J connectivity index is 2.58. The standard InChI is InChI=1S/C18H22N2O5/c1-5-25-18(23)20-10-13(6-7-19-12(3)22)15-9-17(24-4)14(11(2)21)8-16(15)20/h8-10H,5-7H2,1-4H3,(H,19,22). The number of aromatic nitrogens is 1. The number of methoxy groups -OCH3 is 1. The van der Waals surface area contributed by atoms with Gasteiger partial charge in [-0.1, -0.05) is 0 Å². The maximum atomic E-state index is 12.2. The molecular weight excluding hydrogens is 324 g/mol. The third-order valence-corrected chi connectivity index (χ3v) is 3.82. The number of Topliss-reactive ketones (excluding diaryl/α,β-unsaturated/α-hetero) is 1. The number of hydrogen-bond donors (Lipinski definition) is 1. The number of amides is 1. The van der Waals surface area contributed by atoms with Crippen LogP contribution in [0.25, 0.3) is 10.9 Å². The van der Waals surface area contributed by atoms with Crippen LogP contribution in [0.5, 0.6) is 5.75 Å². The van der Waals surface area contributed by atoms with Gasteiger partial charge in [0.2, 0.25) is 5.91 Å². The number of benzene rings is 1. The monoisotopic (exact) mass is 346 g/mol. The summed E-state index contributed by atoms with van der Waals surface area (Å²) in [5, 5.41) is 3.51. The lowest BCUT2D eigenvalue weighted by Crippen LogP contribution is -2.22. The summed E-state index contributed by atoms with van der Waals surface area (Å²) >= 11 is 0. The highest BCUT2D eigenvalue weighted by Gasteiger charge is 2.19. The van der Waals surface area contributed by atoms with Crippen molar-refractivity contribution in [3.63, 3.8) is 0 Å². The molecule has 0 spiro atoms. The Bertz CT molecular complexity index is 822. The summed E-state index contributed by atoms with van der Waals surface area (Å²) in [6.07, 6.45) is 1.69. The highest BCUT2D eigenvalue weighted by atomic mass is 16.5. The van der Waals surface area contributed by atoms with Crippen LogP contribution >= 0.6 is 0 Å². The van der Waals surface area contributed by atoms with Gasteiger partial charge >= 0.3 is 6.09 Å². The summed E-state index contributed by atoms with van der Waals surface area (Å²) in [4.78, 5) is 35.2. The molecule has 1 aromatic carbocycles. The molecule has 7 heteroatoms. The molecule has 134 valence electrons. The van der Waals surface area contributed by atoms with E-state index in [1.165, 1.54) is 25.5 Å². The van der Waals surface area contributed by atoms with Gasteiger partial charge in [0.25, 0.3) is 0 Å². The van der Waals surface area contributed by atoms with Gasteiger partial charge in [-0.15, -0.1) is 0 Å². The number of fused-ring (bicyclic) bond motifs is 1. The molecule has 0 aliphatic carbocycles. The Kier molecular flexibility index (Phi) is 5.80. The van der Waals surface area contributed by atoms with Gasteiger partial charge in [-0.2, -0.15) is 0 Å². The quantitative estimate of drug-likeness (QED) is 0.812. The first kappa shape index (κ1) is 18.5. The molecule has 0 bridgehead atoms. The van der Waals surface area contributed by atoms with E-state index in [1.54, 1.807) is 25.3 Å².